The van der Waals surface area contributed by atoms with Gasteiger partial charge in [-0.1, -0.05) is 54.1 Å². The minimum atomic E-state index is -0.784. The van der Waals surface area contributed by atoms with Gasteiger partial charge in [-0.25, -0.2) is 10.4 Å². The highest BCUT2D eigenvalue weighted by atomic mass is 35.5. The summed E-state index contributed by atoms with van der Waals surface area (Å²) in [6.07, 6.45) is 1.41. The Morgan fingerprint density at radius 1 is 1.21 bits per heavy atom. The van der Waals surface area contributed by atoms with Gasteiger partial charge in [-0.15, -0.1) is 0 Å². The molecule has 2 aromatic carbocycles. The van der Waals surface area contributed by atoms with Crippen LogP contribution < -0.4 is 15.7 Å². The van der Waals surface area contributed by atoms with Crippen LogP contribution in [0.4, 0.5) is 0 Å². The smallest absolute Gasteiger partial charge is 0.291 e. The van der Waals surface area contributed by atoms with Crippen LogP contribution in [0.2, 0.25) is 5.02 Å². The van der Waals surface area contributed by atoms with E-state index in [0.29, 0.717) is 16.3 Å². The van der Waals surface area contributed by atoms with E-state index in [9.17, 15) is 14.7 Å². The van der Waals surface area contributed by atoms with Gasteiger partial charge in [0.2, 0.25) is 5.88 Å². The number of H-pyrrole nitrogens is 1. The highest BCUT2D eigenvalue weighted by Gasteiger charge is 2.21. The zero-order valence-electron chi connectivity index (χ0n) is 17.5. The molecule has 3 N–H and O–H groups in total. The Morgan fingerprint density at radius 2 is 1.94 bits per heavy atom. The Kier molecular flexibility index (Phi) is 6.37. The van der Waals surface area contributed by atoms with E-state index in [0.717, 1.165) is 5.56 Å². The number of carbonyl (C=O) groups excluding carboxylic acids is 1. The topological polar surface area (TPSA) is 117 Å². The van der Waals surface area contributed by atoms with E-state index in [1.807, 2.05) is 30.3 Å². The number of hydrazone groups is 1. The summed E-state index contributed by atoms with van der Waals surface area (Å²) >= 11 is 5.85. The molecule has 8 nitrogen and oxygen atoms in total. The molecule has 0 aliphatic rings. The van der Waals surface area contributed by atoms with Gasteiger partial charge in [0.15, 0.2) is 11.4 Å². The summed E-state index contributed by atoms with van der Waals surface area (Å²) in [6, 6.07) is 17.6. The summed E-state index contributed by atoms with van der Waals surface area (Å²) in [4.78, 5) is 32.3. The van der Waals surface area contributed by atoms with Gasteiger partial charge in [-0.05, 0) is 30.7 Å². The number of aromatic nitrogens is 2. The fourth-order valence-electron chi connectivity index (χ4n) is 3.23. The van der Waals surface area contributed by atoms with Crippen molar-refractivity contribution in [1.29, 1.82) is 0 Å². The first-order valence-electron chi connectivity index (χ1n) is 10.0. The maximum absolute atomic E-state index is 12.8. The molecule has 0 aliphatic heterocycles. The van der Waals surface area contributed by atoms with Crippen LogP contribution in [0.5, 0.6) is 11.6 Å². The zero-order valence-corrected chi connectivity index (χ0v) is 18.3. The number of ether oxygens (including phenoxy) is 1. The normalized spacial score (nSPS) is 11.1. The second-order valence-corrected chi connectivity index (χ2v) is 7.40. The lowest BCUT2D eigenvalue weighted by Crippen LogP contribution is -2.23. The molecule has 9 heteroatoms. The van der Waals surface area contributed by atoms with Crippen molar-refractivity contribution in [3.8, 4) is 22.9 Å². The van der Waals surface area contributed by atoms with Crippen LogP contribution in [0.1, 0.15) is 23.0 Å². The number of nitrogens with one attached hydrogen (secondary N) is 2. The van der Waals surface area contributed by atoms with Crippen molar-refractivity contribution in [2.75, 3.05) is 6.61 Å². The summed E-state index contributed by atoms with van der Waals surface area (Å²) in [5.41, 5.74) is 3.31. The molecular formula is C24H19ClN4O4. The number of rotatable bonds is 6. The number of pyridine rings is 2. The third-order valence-electron chi connectivity index (χ3n) is 4.77. The second-order valence-electron chi connectivity index (χ2n) is 6.96. The number of aromatic amines is 1. The Bertz CT molecular complexity index is 1400. The molecule has 0 radical (unpaired) electrons. The van der Waals surface area contributed by atoms with E-state index in [2.05, 4.69) is 20.5 Å². The standard InChI is InChI=1S/C24H19ClN4O4/c1-2-33-24-19-17(12-18(27-24)15-6-4-3-5-7-15)21(30)20(28-22(19)31)23(32)29-26-13-14-8-10-16(25)11-9-14/h3-13,30H,2H2,1H3,(H,28,31)(H,29,32)/b26-13+. The largest absolute Gasteiger partial charge is 0.505 e. The first kappa shape index (κ1) is 22.0. The molecule has 0 fully saturated rings. The van der Waals surface area contributed by atoms with Gasteiger partial charge in [-0.3, -0.25) is 9.59 Å². The average Bonchev–Trinajstić information content (AvgIpc) is 2.83. The second kappa shape index (κ2) is 9.54. The van der Waals surface area contributed by atoms with Crippen LogP contribution in [-0.4, -0.2) is 33.8 Å². The number of benzene rings is 2. The monoisotopic (exact) mass is 462 g/mol. The predicted octanol–water partition coefficient (Wildman–Crippen LogP) is 4.11. The van der Waals surface area contributed by atoms with Gasteiger partial charge in [-0.2, -0.15) is 5.10 Å². The van der Waals surface area contributed by atoms with Gasteiger partial charge in [0, 0.05) is 16.0 Å². The number of nitrogens with zero attached hydrogens (tertiary/aromatic N) is 2. The van der Waals surface area contributed by atoms with Crippen LogP contribution >= 0.6 is 11.6 Å². The Hall–Kier alpha value is -4.17. The van der Waals surface area contributed by atoms with Crippen LogP contribution in [0.3, 0.4) is 0 Å². The quantitative estimate of drug-likeness (QED) is 0.294. The summed E-state index contributed by atoms with van der Waals surface area (Å²) in [6.45, 7) is 2.03. The number of halogens is 1. The third kappa shape index (κ3) is 4.70. The molecule has 2 heterocycles. The number of fused-ring (bicyclic) bond motifs is 1. The first-order chi connectivity index (χ1) is 16.0. The summed E-state index contributed by atoms with van der Waals surface area (Å²) in [7, 11) is 0. The molecule has 0 aliphatic carbocycles. The first-order valence-corrected chi connectivity index (χ1v) is 10.4. The molecule has 166 valence electrons. The van der Waals surface area contributed by atoms with Crippen LogP contribution in [0.15, 0.2) is 70.6 Å². The fourth-order valence-corrected chi connectivity index (χ4v) is 3.36. The highest BCUT2D eigenvalue weighted by molar-refractivity contribution is 6.30. The Balaban J connectivity index is 1.75. The molecule has 2 aromatic heterocycles. The minimum Gasteiger partial charge on any atom is -0.505 e. The predicted molar refractivity (Wildman–Crippen MR) is 127 cm³/mol. The van der Waals surface area contributed by atoms with Crippen molar-refractivity contribution in [2.24, 2.45) is 5.10 Å². The minimum absolute atomic E-state index is 0.0512. The van der Waals surface area contributed by atoms with E-state index < -0.39 is 17.2 Å². The molecule has 4 rings (SSSR count). The number of carbonyl (C=O) groups is 1. The van der Waals surface area contributed by atoms with Gasteiger partial charge < -0.3 is 14.8 Å². The number of hydrogen-bond donors (Lipinski definition) is 3. The Labute approximate surface area is 193 Å². The maximum Gasteiger partial charge on any atom is 0.291 e. The third-order valence-corrected chi connectivity index (χ3v) is 5.02. The lowest BCUT2D eigenvalue weighted by atomic mass is 10.1. The van der Waals surface area contributed by atoms with Crippen molar-refractivity contribution in [1.82, 2.24) is 15.4 Å². The van der Waals surface area contributed by atoms with Crippen LogP contribution in [0.25, 0.3) is 22.0 Å². The molecular weight excluding hydrogens is 444 g/mol. The molecule has 33 heavy (non-hydrogen) atoms. The van der Waals surface area contributed by atoms with Gasteiger partial charge >= 0.3 is 0 Å². The maximum atomic E-state index is 12.8. The van der Waals surface area contributed by atoms with Crippen LogP contribution in [0, 0.1) is 0 Å². The van der Waals surface area contributed by atoms with Gasteiger partial charge in [0.05, 0.1) is 18.5 Å². The molecule has 0 bridgehead atoms. The molecule has 0 saturated carbocycles. The molecule has 0 atom stereocenters. The van der Waals surface area contributed by atoms with E-state index in [-0.39, 0.29) is 29.0 Å². The van der Waals surface area contributed by atoms with Gasteiger partial charge in [0.25, 0.3) is 11.5 Å². The van der Waals surface area contributed by atoms with Crippen molar-refractivity contribution < 1.29 is 14.6 Å². The van der Waals surface area contributed by atoms with E-state index in [1.54, 1.807) is 37.3 Å². The summed E-state index contributed by atoms with van der Waals surface area (Å²) in [5.74, 6) is -1.13. The lowest BCUT2D eigenvalue weighted by molar-refractivity contribution is 0.0947. The summed E-state index contributed by atoms with van der Waals surface area (Å²) < 4.78 is 5.56. The van der Waals surface area contributed by atoms with E-state index >= 15 is 0 Å². The van der Waals surface area contributed by atoms with Crippen molar-refractivity contribution in [3.63, 3.8) is 0 Å². The average molecular weight is 463 g/mol. The Morgan fingerprint density at radius 3 is 2.64 bits per heavy atom. The molecule has 0 unspecified atom stereocenters. The van der Waals surface area contributed by atoms with E-state index in [4.69, 9.17) is 16.3 Å². The zero-order chi connectivity index (χ0) is 23.4. The molecule has 4 aromatic rings. The van der Waals surface area contributed by atoms with Crippen molar-refractivity contribution in [3.05, 3.63) is 87.3 Å². The van der Waals surface area contributed by atoms with Gasteiger partial charge in [0.1, 0.15) is 5.39 Å². The lowest BCUT2D eigenvalue weighted by Gasteiger charge is -2.12. The summed E-state index contributed by atoms with van der Waals surface area (Å²) in [5, 5.41) is 15.5. The fraction of sp³-hybridized carbons (Fsp3) is 0.0833. The van der Waals surface area contributed by atoms with Crippen molar-refractivity contribution >= 4 is 34.5 Å². The molecule has 0 saturated heterocycles. The van der Waals surface area contributed by atoms with E-state index in [1.165, 1.54) is 6.21 Å². The molecule has 0 spiro atoms. The molecule has 1 amide bonds. The highest BCUT2D eigenvalue weighted by Crippen LogP contribution is 2.33. The van der Waals surface area contributed by atoms with Crippen molar-refractivity contribution in [2.45, 2.75) is 6.92 Å². The number of aromatic hydroxyl groups is 1. The van der Waals surface area contributed by atoms with Crippen LogP contribution in [-0.2, 0) is 0 Å². The number of hydrogen-bond acceptors (Lipinski definition) is 6. The SMILES string of the molecule is CCOc1nc(-c2ccccc2)cc2c(O)c(C(=O)N/N=C/c3ccc(Cl)cc3)[nH]c(=O)c12. The number of amides is 1.